The molecule has 2 unspecified atom stereocenters. The second kappa shape index (κ2) is 6.30. The second-order valence-corrected chi connectivity index (χ2v) is 5.40. The Morgan fingerprint density at radius 2 is 2.33 bits per heavy atom. The fraction of sp³-hybridized carbons (Fsp3) is 0.667. The van der Waals surface area contributed by atoms with E-state index in [4.69, 9.17) is 0 Å². The summed E-state index contributed by atoms with van der Waals surface area (Å²) in [5.41, 5.74) is 2.72. The lowest BCUT2D eigenvalue weighted by molar-refractivity contribution is 0.129. The van der Waals surface area contributed by atoms with E-state index in [1.165, 1.54) is 30.5 Å². The number of likely N-dealkylation sites (tertiary alicyclic amines) is 1. The highest BCUT2D eigenvalue weighted by molar-refractivity contribution is 5.21. The number of hydrogen-bond acceptors (Lipinski definition) is 3. The van der Waals surface area contributed by atoms with Crippen molar-refractivity contribution in [2.45, 2.75) is 52.2 Å². The number of rotatable bonds is 4. The van der Waals surface area contributed by atoms with Crippen molar-refractivity contribution in [3.05, 3.63) is 29.6 Å². The summed E-state index contributed by atoms with van der Waals surface area (Å²) in [5.74, 6) is 0. The summed E-state index contributed by atoms with van der Waals surface area (Å²) < 4.78 is 0. The smallest absolute Gasteiger partial charge is 0.0315 e. The monoisotopic (exact) mass is 247 g/mol. The minimum atomic E-state index is 0.655. The van der Waals surface area contributed by atoms with Gasteiger partial charge in [-0.3, -0.25) is 9.88 Å². The van der Waals surface area contributed by atoms with Crippen molar-refractivity contribution in [1.29, 1.82) is 0 Å². The highest BCUT2D eigenvalue weighted by Gasteiger charge is 2.24. The Labute approximate surface area is 111 Å². The molecule has 3 heteroatoms. The highest BCUT2D eigenvalue weighted by atomic mass is 15.2. The van der Waals surface area contributed by atoms with Crippen molar-refractivity contribution in [2.75, 3.05) is 13.1 Å². The van der Waals surface area contributed by atoms with E-state index < -0.39 is 0 Å². The van der Waals surface area contributed by atoms with E-state index in [0.29, 0.717) is 12.1 Å². The summed E-state index contributed by atoms with van der Waals surface area (Å²) in [7, 11) is 0. The quantitative estimate of drug-likeness (QED) is 0.885. The van der Waals surface area contributed by atoms with Gasteiger partial charge in [0.2, 0.25) is 0 Å². The maximum atomic E-state index is 4.24. The lowest BCUT2D eigenvalue weighted by atomic mass is 9.97. The molecule has 1 aromatic rings. The molecule has 18 heavy (non-hydrogen) atoms. The average molecular weight is 247 g/mol. The van der Waals surface area contributed by atoms with Crippen molar-refractivity contribution < 1.29 is 0 Å². The predicted molar refractivity (Wildman–Crippen MR) is 75.5 cm³/mol. The van der Waals surface area contributed by atoms with E-state index in [9.17, 15) is 0 Å². The molecule has 1 fully saturated rings. The molecule has 0 radical (unpaired) electrons. The van der Waals surface area contributed by atoms with Gasteiger partial charge in [0.1, 0.15) is 0 Å². The van der Waals surface area contributed by atoms with Crippen molar-refractivity contribution in [3.63, 3.8) is 0 Å². The van der Waals surface area contributed by atoms with Crippen LogP contribution in [0.25, 0.3) is 0 Å². The lowest BCUT2D eigenvalue weighted by Crippen LogP contribution is -2.47. The third-order valence-electron chi connectivity index (χ3n) is 4.03. The molecule has 0 amide bonds. The van der Waals surface area contributed by atoms with Crippen LogP contribution in [-0.4, -0.2) is 35.1 Å². The first-order chi connectivity index (χ1) is 8.70. The number of nitrogens with zero attached hydrogens (tertiary/aromatic N) is 2. The van der Waals surface area contributed by atoms with Crippen molar-refractivity contribution in [2.24, 2.45) is 0 Å². The standard InChI is InChI=1S/C15H25N3/c1-4-17-15-6-8-18(13(3)9-15)11-14-10-16-7-5-12(14)2/h5,7,10,13,15,17H,4,6,8-9,11H2,1-3H3. The van der Waals surface area contributed by atoms with Crippen LogP contribution in [0.2, 0.25) is 0 Å². The summed E-state index contributed by atoms with van der Waals surface area (Å²) in [6.45, 7) is 10.0. The average Bonchev–Trinajstić information content (AvgIpc) is 2.35. The van der Waals surface area contributed by atoms with E-state index in [2.05, 4.69) is 42.0 Å². The van der Waals surface area contributed by atoms with E-state index in [1.807, 2.05) is 12.4 Å². The van der Waals surface area contributed by atoms with Crippen LogP contribution in [0.1, 0.15) is 37.8 Å². The normalized spacial score (nSPS) is 25.3. The van der Waals surface area contributed by atoms with Crippen LogP contribution in [0.3, 0.4) is 0 Å². The number of aromatic nitrogens is 1. The molecular formula is C15H25N3. The molecule has 1 aliphatic heterocycles. The SMILES string of the molecule is CCNC1CCN(Cc2cnccc2C)C(C)C1. The van der Waals surface area contributed by atoms with Crippen LogP contribution in [0, 0.1) is 6.92 Å². The Morgan fingerprint density at radius 3 is 3.00 bits per heavy atom. The Morgan fingerprint density at radius 1 is 1.50 bits per heavy atom. The van der Waals surface area contributed by atoms with Crippen LogP contribution < -0.4 is 5.32 Å². The van der Waals surface area contributed by atoms with Crippen LogP contribution in [-0.2, 0) is 6.54 Å². The molecule has 1 aromatic heterocycles. The summed E-state index contributed by atoms with van der Waals surface area (Å²) in [6, 6.07) is 3.46. The first-order valence-electron chi connectivity index (χ1n) is 7.07. The Hall–Kier alpha value is -0.930. The molecule has 0 aromatic carbocycles. The first kappa shape index (κ1) is 13.5. The lowest BCUT2D eigenvalue weighted by Gasteiger charge is -2.38. The maximum absolute atomic E-state index is 4.24. The van der Waals surface area contributed by atoms with Gasteiger partial charge in [-0.05, 0) is 50.4 Å². The van der Waals surface area contributed by atoms with Gasteiger partial charge in [-0.2, -0.15) is 0 Å². The fourth-order valence-corrected chi connectivity index (χ4v) is 2.81. The third-order valence-corrected chi connectivity index (χ3v) is 4.03. The predicted octanol–water partition coefficient (Wildman–Crippen LogP) is 2.35. The summed E-state index contributed by atoms with van der Waals surface area (Å²) >= 11 is 0. The van der Waals surface area contributed by atoms with Crippen LogP contribution >= 0.6 is 0 Å². The molecule has 100 valence electrons. The number of piperidine rings is 1. The van der Waals surface area contributed by atoms with Gasteiger partial charge in [0, 0.05) is 37.6 Å². The van der Waals surface area contributed by atoms with Gasteiger partial charge < -0.3 is 5.32 Å². The largest absolute Gasteiger partial charge is 0.314 e. The van der Waals surface area contributed by atoms with E-state index in [-0.39, 0.29) is 0 Å². The molecule has 3 nitrogen and oxygen atoms in total. The zero-order chi connectivity index (χ0) is 13.0. The molecule has 0 spiro atoms. The Bertz CT molecular complexity index is 378. The highest BCUT2D eigenvalue weighted by Crippen LogP contribution is 2.20. The maximum Gasteiger partial charge on any atom is 0.0315 e. The molecule has 0 saturated carbocycles. The summed E-state index contributed by atoms with van der Waals surface area (Å²) in [4.78, 5) is 6.82. The number of pyridine rings is 1. The molecule has 0 bridgehead atoms. The van der Waals surface area contributed by atoms with Crippen molar-refractivity contribution in [1.82, 2.24) is 15.2 Å². The van der Waals surface area contributed by atoms with E-state index in [1.54, 1.807) is 0 Å². The van der Waals surface area contributed by atoms with Gasteiger partial charge in [-0.25, -0.2) is 0 Å². The molecule has 1 N–H and O–H groups in total. The molecule has 2 atom stereocenters. The topological polar surface area (TPSA) is 28.2 Å². The molecule has 2 rings (SSSR count). The van der Waals surface area contributed by atoms with Gasteiger partial charge in [0.05, 0.1) is 0 Å². The van der Waals surface area contributed by atoms with Gasteiger partial charge in [-0.1, -0.05) is 6.92 Å². The second-order valence-electron chi connectivity index (χ2n) is 5.40. The van der Waals surface area contributed by atoms with Gasteiger partial charge in [0.25, 0.3) is 0 Å². The third kappa shape index (κ3) is 3.30. The van der Waals surface area contributed by atoms with Gasteiger partial charge in [-0.15, -0.1) is 0 Å². The summed E-state index contributed by atoms with van der Waals surface area (Å²) in [5, 5.41) is 3.57. The van der Waals surface area contributed by atoms with E-state index >= 15 is 0 Å². The molecule has 0 aliphatic carbocycles. The van der Waals surface area contributed by atoms with Gasteiger partial charge in [0.15, 0.2) is 0 Å². The Balaban J connectivity index is 1.93. The first-order valence-corrected chi connectivity index (χ1v) is 7.07. The summed E-state index contributed by atoms with van der Waals surface area (Å²) in [6.07, 6.45) is 6.41. The molecule has 1 aliphatic rings. The number of hydrogen-bond donors (Lipinski definition) is 1. The van der Waals surface area contributed by atoms with Crippen molar-refractivity contribution >= 4 is 0 Å². The Kier molecular flexibility index (Phi) is 4.72. The van der Waals surface area contributed by atoms with Gasteiger partial charge >= 0.3 is 0 Å². The molecule has 2 heterocycles. The molecular weight excluding hydrogens is 222 g/mol. The minimum absolute atomic E-state index is 0.655. The zero-order valence-corrected chi connectivity index (χ0v) is 11.8. The fourth-order valence-electron chi connectivity index (χ4n) is 2.81. The van der Waals surface area contributed by atoms with E-state index in [0.717, 1.165) is 13.1 Å². The minimum Gasteiger partial charge on any atom is -0.314 e. The van der Waals surface area contributed by atoms with Crippen LogP contribution in [0.5, 0.6) is 0 Å². The zero-order valence-electron chi connectivity index (χ0n) is 11.8. The number of aryl methyl sites for hydroxylation is 1. The molecule has 1 saturated heterocycles. The van der Waals surface area contributed by atoms with Crippen LogP contribution in [0.15, 0.2) is 18.5 Å². The van der Waals surface area contributed by atoms with Crippen LogP contribution in [0.4, 0.5) is 0 Å². The number of nitrogens with one attached hydrogen (secondary N) is 1. The van der Waals surface area contributed by atoms with Crippen molar-refractivity contribution in [3.8, 4) is 0 Å².